The third-order valence-electron chi connectivity index (χ3n) is 1.40. The van der Waals surface area contributed by atoms with E-state index in [4.69, 9.17) is 0 Å². The lowest BCUT2D eigenvalue weighted by Crippen LogP contribution is -1.99. The van der Waals surface area contributed by atoms with Gasteiger partial charge in [0.2, 0.25) is 0 Å². The highest BCUT2D eigenvalue weighted by Crippen LogP contribution is 2.06. The Morgan fingerprint density at radius 1 is 1.25 bits per heavy atom. The molecule has 0 aliphatic heterocycles. The van der Waals surface area contributed by atoms with Gasteiger partial charge in [0.25, 0.3) is 0 Å². The summed E-state index contributed by atoms with van der Waals surface area (Å²) in [5.74, 6) is 0. The monoisotopic (exact) mass is 113 g/mol. The summed E-state index contributed by atoms with van der Waals surface area (Å²) in [4.78, 5) is 0. The summed E-state index contributed by atoms with van der Waals surface area (Å²) in [5, 5.41) is 10.6. The SMILES string of the molecule is CC(C)=C(C)C(C)[O]. The van der Waals surface area contributed by atoms with E-state index in [1.165, 1.54) is 0 Å². The molecule has 1 nitrogen and oxygen atoms in total. The first-order valence-corrected chi connectivity index (χ1v) is 2.85. The van der Waals surface area contributed by atoms with Crippen molar-refractivity contribution < 1.29 is 5.11 Å². The fourth-order valence-corrected chi connectivity index (χ4v) is 0.407. The van der Waals surface area contributed by atoms with Crippen LogP contribution < -0.4 is 0 Å². The van der Waals surface area contributed by atoms with Crippen LogP contribution in [0.5, 0.6) is 0 Å². The summed E-state index contributed by atoms with van der Waals surface area (Å²) < 4.78 is 0. The summed E-state index contributed by atoms with van der Waals surface area (Å²) in [6.45, 7) is 7.48. The topological polar surface area (TPSA) is 19.9 Å². The molecular weight excluding hydrogens is 100 g/mol. The van der Waals surface area contributed by atoms with Crippen molar-refractivity contribution in [3.8, 4) is 0 Å². The van der Waals surface area contributed by atoms with Gasteiger partial charge in [0.15, 0.2) is 0 Å². The summed E-state index contributed by atoms with van der Waals surface area (Å²) >= 11 is 0. The molecule has 1 unspecified atom stereocenters. The number of hydrogen-bond donors (Lipinski definition) is 0. The van der Waals surface area contributed by atoms with Gasteiger partial charge in [-0.1, -0.05) is 5.57 Å². The van der Waals surface area contributed by atoms with Crippen LogP contribution in [0.1, 0.15) is 27.7 Å². The third-order valence-corrected chi connectivity index (χ3v) is 1.40. The highest BCUT2D eigenvalue weighted by atomic mass is 16.3. The first-order chi connectivity index (χ1) is 3.55. The van der Waals surface area contributed by atoms with Crippen LogP contribution in [0.4, 0.5) is 0 Å². The standard InChI is InChI=1S/C7H13O/c1-5(2)6(3)7(4)8/h7H,1-4H3. The molecule has 0 aliphatic rings. The summed E-state index contributed by atoms with van der Waals surface area (Å²) in [7, 11) is 0. The lowest BCUT2D eigenvalue weighted by atomic mass is 10.1. The minimum absolute atomic E-state index is 0.528. The van der Waals surface area contributed by atoms with Crippen molar-refractivity contribution in [1.29, 1.82) is 0 Å². The van der Waals surface area contributed by atoms with Crippen LogP contribution in [0.15, 0.2) is 11.1 Å². The van der Waals surface area contributed by atoms with Gasteiger partial charge in [-0.2, -0.15) is 0 Å². The van der Waals surface area contributed by atoms with E-state index in [1.807, 2.05) is 20.8 Å². The zero-order valence-corrected chi connectivity index (χ0v) is 5.99. The third kappa shape index (κ3) is 2.12. The molecule has 0 spiro atoms. The summed E-state index contributed by atoms with van der Waals surface area (Å²) in [6, 6.07) is 0. The molecule has 1 atom stereocenters. The van der Waals surface area contributed by atoms with Gasteiger partial charge in [0, 0.05) is 0 Å². The smallest absolute Gasteiger partial charge is 0.111 e. The quantitative estimate of drug-likeness (QED) is 0.464. The average Bonchev–Trinajstić information content (AvgIpc) is 1.64. The van der Waals surface area contributed by atoms with E-state index in [0.29, 0.717) is 0 Å². The number of hydrogen-bond acceptors (Lipinski definition) is 0. The fourth-order valence-electron chi connectivity index (χ4n) is 0.407. The maximum absolute atomic E-state index is 10.6. The van der Waals surface area contributed by atoms with Gasteiger partial charge in [0.05, 0.1) is 0 Å². The highest BCUT2D eigenvalue weighted by Gasteiger charge is 1.99. The van der Waals surface area contributed by atoms with Crippen molar-refractivity contribution in [2.45, 2.75) is 33.8 Å². The van der Waals surface area contributed by atoms with Gasteiger partial charge in [-0.15, -0.1) is 0 Å². The summed E-state index contributed by atoms with van der Waals surface area (Å²) in [6.07, 6.45) is -0.528. The van der Waals surface area contributed by atoms with E-state index in [-0.39, 0.29) is 0 Å². The molecule has 0 fully saturated rings. The van der Waals surface area contributed by atoms with Gasteiger partial charge >= 0.3 is 0 Å². The minimum atomic E-state index is -0.528. The van der Waals surface area contributed by atoms with E-state index >= 15 is 0 Å². The van der Waals surface area contributed by atoms with Crippen LogP contribution in [-0.2, 0) is 5.11 Å². The largest absolute Gasteiger partial charge is 0.229 e. The first-order valence-electron chi connectivity index (χ1n) is 2.85. The molecule has 0 rings (SSSR count). The molecule has 0 aromatic heterocycles. The molecule has 0 saturated carbocycles. The van der Waals surface area contributed by atoms with Gasteiger partial charge in [-0.25, -0.2) is 5.11 Å². The Balaban J connectivity index is 4.00. The molecule has 0 aromatic rings. The lowest BCUT2D eigenvalue weighted by molar-refractivity contribution is 0.135. The molecule has 0 aromatic carbocycles. The van der Waals surface area contributed by atoms with Crippen LogP contribution in [0, 0.1) is 0 Å². The van der Waals surface area contributed by atoms with Gasteiger partial charge in [0.1, 0.15) is 6.10 Å². The Morgan fingerprint density at radius 2 is 1.62 bits per heavy atom. The fraction of sp³-hybridized carbons (Fsp3) is 0.714. The first kappa shape index (κ1) is 7.70. The zero-order valence-electron chi connectivity index (χ0n) is 5.99. The minimum Gasteiger partial charge on any atom is -0.229 e. The van der Waals surface area contributed by atoms with Crippen LogP contribution in [0.25, 0.3) is 0 Å². The molecule has 8 heavy (non-hydrogen) atoms. The van der Waals surface area contributed by atoms with E-state index in [2.05, 4.69) is 0 Å². The van der Waals surface area contributed by atoms with E-state index < -0.39 is 6.10 Å². The van der Waals surface area contributed by atoms with E-state index in [1.54, 1.807) is 6.92 Å². The van der Waals surface area contributed by atoms with Crippen molar-refractivity contribution in [1.82, 2.24) is 0 Å². The van der Waals surface area contributed by atoms with Gasteiger partial charge < -0.3 is 0 Å². The van der Waals surface area contributed by atoms with Crippen molar-refractivity contribution in [3.05, 3.63) is 11.1 Å². The maximum Gasteiger partial charge on any atom is 0.111 e. The summed E-state index contributed by atoms with van der Waals surface area (Å²) in [5.41, 5.74) is 2.11. The zero-order chi connectivity index (χ0) is 6.73. The molecular formula is C7H13O. The van der Waals surface area contributed by atoms with E-state index in [9.17, 15) is 5.11 Å². The van der Waals surface area contributed by atoms with Crippen molar-refractivity contribution in [2.24, 2.45) is 0 Å². The van der Waals surface area contributed by atoms with Crippen molar-refractivity contribution in [3.63, 3.8) is 0 Å². The van der Waals surface area contributed by atoms with Gasteiger partial charge in [-0.05, 0) is 33.3 Å². The van der Waals surface area contributed by atoms with Gasteiger partial charge in [-0.3, -0.25) is 0 Å². The molecule has 0 amide bonds. The van der Waals surface area contributed by atoms with Crippen molar-refractivity contribution >= 4 is 0 Å². The normalized spacial score (nSPS) is 13.1. The maximum atomic E-state index is 10.6. The molecule has 1 heteroatoms. The highest BCUT2D eigenvalue weighted by molar-refractivity contribution is 5.09. The average molecular weight is 113 g/mol. The molecule has 0 bridgehead atoms. The second-order valence-electron chi connectivity index (χ2n) is 2.33. The Labute approximate surface area is 51.0 Å². The predicted octanol–water partition coefficient (Wildman–Crippen LogP) is 2.16. The number of rotatable bonds is 1. The molecule has 47 valence electrons. The Hall–Kier alpha value is -0.300. The Morgan fingerprint density at radius 3 is 1.62 bits per heavy atom. The van der Waals surface area contributed by atoms with Crippen LogP contribution in [0.2, 0.25) is 0 Å². The second kappa shape index (κ2) is 2.88. The van der Waals surface area contributed by atoms with Crippen LogP contribution >= 0.6 is 0 Å². The molecule has 0 N–H and O–H groups in total. The predicted molar refractivity (Wildman–Crippen MR) is 34.2 cm³/mol. The molecule has 0 saturated heterocycles. The Bertz CT molecular complexity index is 97.0. The molecule has 0 heterocycles. The second-order valence-corrected chi connectivity index (χ2v) is 2.33. The molecule has 0 aliphatic carbocycles. The van der Waals surface area contributed by atoms with Crippen LogP contribution in [0.3, 0.4) is 0 Å². The number of allylic oxidation sites excluding steroid dienone is 1. The van der Waals surface area contributed by atoms with Crippen molar-refractivity contribution in [2.75, 3.05) is 0 Å². The van der Waals surface area contributed by atoms with E-state index in [0.717, 1.165) is 11.1 Å². The Kier molecular flexibility index (Phi) is 2.77. The lowest BCUT2D eigenvalue weighted by Gasteiger charge is -2.02. The van der Waals surface area contributed by atoms with Crippen LogP contribution in [-0.4, -0.2) is 6.10 Å². The molecule has 1 radical (unpaired) electrons.